The number of alkyl halides is 2. The summed E-state index contributed by atoms with van der Waals surface area (Å²) < 4.78 is 32.1. The molecule has 0 fully saturated rings. The Labute approximate surface area is 167 Å². The van der Waals surface area contributed by atoms with Crippen LogP contribution in [0.25, 0.3) is 0 Å². The summed E-state index contributed by atoms with van der Waals surface area (Å²) in [5.41, 5.74) is 2.90. The first-order valence-electron chi connectivity index (χ1n) is 9.53. The van der Waals surface area contributed by atoms with Crippen LogP contribution in [0.2, 0.25) is 0 Å². The Morgan fingerprint density at radius 2 is 2.17 bits per heavy atom. The number of fused-ring (bicyclic) bond motifs is 1. The number of anilines is 1. The fraction of sp³-hybridized carbons (Fsp3) is 0.333. The van der Waals surface area contributed by atoms with Crippen LogP contribution in [0.3, 0.4) is 0 Å². The minimum Gasteiger partial charge on any atom is -0.467 e. The molecule has 0 radical (unpaired) electrons. The van der Waals surface area contributed by atoms with Crippen LogP contribution in [0, 0.1) is 0 Å². The van der Waals surface area contributed by atoms with Gasteiger partial charge in [0.25, 0.3) is 5.91 Å². The molecule has 0 aliphatic carbocycles. The van der Waals surface area contributed by atoms with Crippen LogP contribution in [0.5, 0.6) is 0 Å². The standard InChI is InChI=1S/C21H22F2N4O2/c1-14-12-15-4-2-3-5-17(15)27(14)13-18-16(7-11-29-18)20(28)25-8-6-19-24-9-10-26(19)21(22)23/h2-5,7,9-11,14,21H,6,8,12-13H2,1H3,(H,25,28). The molecular weight excluding hydrogens is 378 g/mol. The number of aromatic nitrogens is 2. The van der Waals surface area contributed by atoms with Crippen LogP contribution in [0.15, 0.2) is 53.4 Å². The van der Waals surface area contributed by atoms with Crippen LogP contribution in [-0.4, -0.2) is 28.0 Å². The van der Waals surface area contributed by atoms with E-state index in [2.05, 4.69) is 34.3 Å². The summed E-state index contributed by atoms with van der Waals surface area (Å²) >= 11 is 0. The molecule has 0 spiro atoms. The summed E-state index contributed by atoms with van der Waals surface area (Å²) in [6, 6.07) is 10.2. The van der Waals surface area contributed by atoms with Crippen molar-refractivity contribution in [2.75, 3.05) is 11.4 Å². The van der Waals surface area contributed by atoms with Crippen molar-refractivity contribution in [1.82, 2.24) is 14.9 Å². The van der Waals surface area contributed by atoms with Crippen molar-refractivity contribution in [2.45, 2.75) is 38.9 Å². The van der Waals surface area contributed by atoms with Gasteiger partial charge in [0.1, 0.15) is 11.6 Å². The zero-order chi connectivity index (χ0) is 20.4. The number of halogens is 2. The molecule has 0 saturated heterocycles. The molecule has 4 rings (SSSR count). The van der Waals surface area contributed by atoms with E-state index in [1.54, 1.807) is 6.07 Å². The van der Waals surface area contributed by atoms with Crippen LogP contribution < -0.4 is 10.2 Å². The number of carbonyl (C=O) groups excluding carboxylic acids is 1. The number of carbonyl (C=O) groups is 1. The van der Waals surface area contributed by atoms with E-state index in [0.717, 1.165) is 16.7 Å². The van der Waals surface area contributed by atoms with Gasteiger partial charge in [-0.15, -0.1) is 0 Å². The Bertz CT molecular complexity index is 998. The van der Waals surface area contributed by atoms with E-state index in [-0.39, 0.29) is 24.7 Å². The highest BCUT2D eigenvalue weighted by molar-refractivity contribution is 5.95. The lowest BCUT2D eigenvalue weighted by Gasteiger charge is -2.24. The molecule has 152 valence electrons. The van der Waals surface area contributed by atoms with E-state index >= 15 is 0 Å². The van der Waals surface area contributed by atoms with Gasteiger partial charge in [-0.05, 0) is 31.0 Å². The van der Waals surface area contributed by atoms with E-state index in [1.807, 2.05) is 12.1 Å². The lowest BCUT2D eigenvalue weighted by Crippen LogP contribution is -2.31. The minimum absolute atomic E-state index is 0.205. The van der Waals surface area contributed by atoms with Gasteiger partial charge in [0.2, 0.25) is 0 Å². The minimum atomic E-state index is -2.64. The molecule has 1 aliphatic heterocycles. The maximum absolute atomic E-state index is 12.9. The molecular formula is C21H22F2N4O2. The molecule has 1 N–H and O–H groups in total. The highest BCUT2D eigenvalue weighted by Crippen LogP contribution is 2.33. The molecule has 0 bridgehead atoms. The summed E-state index contributed by atoms with van der Waals surface area (Å²) in [5.74, 6) is 0.527. The SMILES string of the molecule is CC1Cc2ccccc2N1Cc1occc1C(=O)NCCc1nccn1C(F)F. The fourth-order valence-electron chi connectivity index (χ4n) is 3.79. The maximum atomic E-state index is 12.9. The molecule has 3 heterocycles. The summed E-state index contributed by atoms with van der Waals surface area (Å²) in [6.07, 6.45) is 5.22. The Kier molecular flexibility index (Phi) is 5.33. The van der Waals surface area contributed by atoms with E-state index in [1.165, 1.54) is 24.2 Å². The number of nitrogens with one attached hydrogen (secondary N) is 1. The Morgan fingerprint density at radius 1 is 1.34 bits per heavy atom. The lowest BCUT2D eigenvalue weighted by molar-refractivity contribution is 0.0670. The highest BCUT2D eigenvalue weighted by atomic mass is 19.3. The van der Waals surface area contributed by atoms with E-state index in [9.17, 15) is 13.6 Å². The van der Waals surface area contributed by atoms with Crippen LogP contribution in [-0.2, 0) is 19.4 Å². The van der Waals surface area contributed by atoms with Gasteiger partial charge in [-0.25, -0.2) is 4.98 Å². The monoisotopic (exact) mass is 400 g/mol. The fourth-order valence-corrected chi connectivity index (χ4v) is 3.79. The second-order valence-corrected chi connectivity index (χ2v) is 7.10. The molecule has 1 aliphatic rings. The van der Waals surface area contributed by atoms with E-state index in [4.69, 9.17) is 4.42 Å². The average molecular weight is 400 g/mol. The van der Waals surface area contributed by atoms with Gasteiger partial charge >= 0.3 is 6.55 Å². The number of benzene rings is 1. The summed E-state index contributed by atoms with van der Waals surface area (Å²) in [6.45, 7) is 0.196. The van der Waals surface area contributed by atoms with Crippen LogP contribution in [0.1, 0.15) is 41.0 Å². The Balaban J connectivity index is 1.40. The number of nitrogens with zero attached hydrogens (tertiary/aromatic N) is 3. The Morgan fingerprint density at radius 3 is 3.00 bits per heavy atom. The van der Waals surface area contributed by atoms with E-state index in [0.29, 0.717) is 23.9 Å². The zero-order valence-electron chi connectivity index (χ0n) is 16.0. The third kappa shape index (κ3) is 3.87. The second kappa shape index (κ2) is 8.06. The van der Waals surface area contributed by atoms with Crippen molar-refractivity contribution in [1.29, 1.82) is 0 Å². The predicted octanol–water partition coefficient (Wildman–Crippen LogP) is 3.79. The average Bonchev–Trinajstić information content (AvgIpc) is 3.41. The van der Waals surface area contributed by atoms with Gasteiger partial charge in [-0.2, -0.15) is 8.78 Å². The first kappa shape index (κ1) is 19.2. The van der Waals surface area contributed by atoms with Crippen molar-refractivity contribution in [3.63, 3.8) is 0 Å². The van der Waals surface area contributed by atoms with Gasteiger partial charge < -0.3 is 14.6 Å². The molecule has 1 unspecified atom stereocenters. The zero-order valence-corrected chi connectivity index (χ0v) is 16.0. The number of imidazole rings is 1. The van der Waals surface area contributed by atoms with Crippen LogP contribution >= 0.6 is 0 Å². The highest BCUT2D eigenvalue weighted by Gasteiger charge is 2.28. The van der Waals surface area contributed by atoms with Crippen molar-refractivity contribution in [3.05, 3.63) is 71.7 Å². The maximum Gasteiger partial charge on any atom is 0.319 e. The number of hydrogen-bond acceptors (Lipinski definition) is 4. The first-order valence-corrected chi connectivity index (χ1v) is 9.53. The van der Waals surface area contributed by atoms with Crippen LogP contribution in [0.4, 0.5) is 14.5 Å². The number of rotatable bonds is 7. The first-order chi connectivity index (χ1) is 14.0. The summed E-state index contributed by atoms with van der Waals surface area (Å²) in [5, 5.41) is 2.77. The van der Waals surface area contributed by atoms with Gasteiger partial charge in [-0.1, -0.05) is 18.2 Å². The van der Waals surface area contributed by atoms with Crippen molar-refractivity contribution >= 4 is 11.6 Å². The predicted molar refractivity (Wildman–Crippen MR) is 104 cm³/mol. The summed E-state index contributed by atoms with van der Waals surface area (Å²) in [4.78, 5) is 18.8. The third-order valence-corrected chi connectivity index (χ3v) is 5.25. The molecule has 1 aromatic carbocycles. The van der Waals surface area contributed by atoms with Crippen molar-refractivity contribution in [3.8, 4) is 0 Å². The quantitative estimate of drug-likeness (QED) is 0.655. The van der Waals surface area contributed by atoms with Gasteiger partial charge in [0.15, 0.2) is 0 Å². The number of para-hydroxylation sites is 1. The Hall–Kier alpha value is -3.16. The van der Waals surface area contributed by atoms with E-state index < -0.39 is 6.55 Å². The molecule has 6 nitrogen and oxygen atoms in total. The molecule has 29 heavy (non-hydrogen) atoms. The van der Waals surface area contributed by atoms with Gasteiger partial charge in [-0.3, -0.25) is 9.36 Å². The topological polar surface area (TPSA) is 63.3 Å². The summed E-state index contributed by atoms with van der Waals surface area (Å²) in [7, 11) is 0. The largest absolute Gasteiger partial charge is 0.467 e. The van der Waals surface area contributed by atoms with Gasteiger partial charge in [0.05, 0.1) is 18.4 Å². The second-order valence-electron chi connectivity index (χ2n) is 7.10. The molecule has 0 saturated carbocycles. The van der Waals surface area contributed by atoms with Crippen molar-refractivity contribution < 1.29 is 18.0 Å². The number of hydrogen-bond donors (Lipinski definition) is 1. The smallest absolute Gasteiger partial charge is 0.319 e. The van der Waals surface area contributed by atoms with Gasteiger partial charge in [0, 0.05) is 37.1 Å². The molecule has 1 amide bonds. The lowest BCUT2D eigenvalue weighted by atomic mass is 10.1. The third-order valence-electron chi connectivity index (χ3n) is 5.25. The van der Waals surface area contributed by atoms with Crippen molar-refractivity contribution in [2.24, 2.45) is 0 Å². The number of amides is 1. The molecule has 2 aromatic heterocycles. The molecule has 3 aromatic rings. The molecule has 1 atom stereocenters. The normalized spacial score (nSPS) is 15.7. The molecule has 8 heteroatoms. The number of furan rings is 1.